The molecule has 4 rings (SSSR count). The lowest BCUT2D eigenvalue weighted by Crippen LogP contribution is -2.27. The van der Waals surface area contributed by atoms with Crippen molar-refractivity contribution in [1.82, 2.24) is 0 Å². The number of benzene rings is 3. The third-order valence-electron chi connectivity index (χ3n) is 3.92. The smallest absolute Gasteiger partial charge is 0.315 e. The van der Waals surface area contributed by atoms with Gasteiger partial charge in [-0.15, -0.1) is 0 Å². The molecule has 5 heteroatoms. The van der Waals surface area contributed by atoms with E-state index in [2.05, 4.69) is 0 Å². The van der Waals surface area contributed by atoms with Crippen LogP contribution in [-0.2, 0) is 0 Å². The SMILES string of the molecule is Oc1ccc(O)c([P+]2(S)Oc3ccccc3-c3ccccc32)c1. The predicted octanol–water partition coefficient (Wildman–Crippen LogP) is 3.89. The van der Waals surface area contributed by atoms with E-state index in [0.717, 1.165) is 22.2 Å². The van der Waals surface area contributed by atoms with Crippen molar-refractivity contribution < 1.29 is 14.7 Å². The van der Waals surface area contributed by atoms with E-state index in [1.807, 2.05) is 48.5 Å². The van der Waals surface area contributed by atoms with Gasteiger partial charge in [0.25, 0.3) is 0 Å². The van der Waals surface area contributed by atoms with Gasteiger partial charge >= 0.3 is 6.69 Å². The Morgan fingerprint density at radius 1 is 0.783 bits per heavy atom. The van der Waals surface area contributed by atoms with Crippen molar-refractivity contribution in [2.24, 2.45) is 0 Å². The number of fused-ring (bicyclic) bond motifs is 3. The van der Waals surface area contributed by atoms with E-state index in [1.165, 1.54) is 18.2 Å². The molecule has 3 nitrogen and oxygen atoms in total. The first-order valence-electron chi connectivity index (χ1n) is 7.12. The van der Waals surface area contributed by atoms with E-state index in [4.69, 9.17) is 16.8 Å². The Bertz CT molecular complexity index is 912. The minimum atomic E-state index is -2.62. The quantitative estimate of drug-likeness (QED) is 0.358. The molecule has 0 aromatic heterocycles. The Hall–Kier alpha value is -2.16. The lowest BCUT2D eigenvalue weighted by Gasteiger charge is -2.28. The van der Waals surface area contributed by atoms with Crippen LogP contribution in [0.15, 0.2) is 66.7 Å². The molecule has 1 atom stereocenters. The molecule has 0 aliphatic carbocycles. The molecule has 114 valence electrons. The van der Waals surface area contributed by atoms with E-state index in [0.29, 0.717) is 5.30 Å². The maximum atomic E-state index is 10.3. The van der Waals surface area contributed by atoms with Crippen LogP contribution in [0.4, 0.5) is 0 Å². The molecule has 0 radical (unpaired) electrons. The number of hydrogen-bond donors (Lipinski definition) is 3. The van der Waals surface area contributed by atoms with E-state index in [-0.39, 0.29) is 11.5 Å². The average Bonchev–Trinajstić information content (AvgIpc) is 2.57. The van der Waals surface area contributed by atoms with Crippen LogP contribution >= 0.6 is 18.9 Å². The first-order chi connectivity index (χ1) is 11.1. The molecule has 3 aromatic carbocycles. The highest BCUT2D eigenvalue weighted by atomic mass is 32.7. The number of hydrogen-bond acceptors (Lipinski definition) is 4. The van der Waals surface area contributed by atoms with Crippen molar-refractivity contribution in [2.45, 2.75) is 0 Å². The van der Waals surface area contributed by atoms with Crippen LogP contribution in [0.25, 0.3) is 11.1 Å². The summed E-state index contributed by atoms with van der Waals surface area (Å²) in [7, 11) is 0. The summed E-state index contributed by atoms with van der Waals surface area (Å²) in [5, 5.41) is 21.6. The lowest BCUT2D eigenvalue weighted by atomic mass is 10.0. The van der Waals surface area contributed by atoms with Crippen LogP contribution in [0.2, 0.25) is 0 Å². The van der Waals surface area contributed by atoms with Crippen LogP contribution in [0.1, 0.15) is 0 Å². The zero-order valence-electron chi connectivity index (χ0n) is 12.0. The molecule has 1 aliphatic rings. The summed E-state index contributed by atoms with van der Waals surface area (Å²) < 4.78 is 6.27. The summed E-state index contributed by atoms with van der Waals surface area (Å²) in [6.45, 7) is -2.62. The third-order valence-corrected chi connectivity index (χ3v) is 7.98. The van der Waals surface area contributed by atoms with Crippen molar-refractivity contribution in [3.8, 4) is 28.4 Å². The Morgan fingerprint density at radius 3 is 2.30 bits per heavy atom. The predicted molar refractivity (Wildman–Crippen MR) is 97.5 cm³/mol. The number of aromatic hydroxyl groups is 2. The summed E-state index contributed by atoms with van der Waals surface area (Å²) in [5.74, 6) is 0.878. The molecule has 0 spiro atoms. The van der Waals surface area contributed by atoms with Gasteiger partial charge in [-0.2, -0.15) is 0 Å². The van der Waals surface area contributed by atoms with Gasteiger partial charge in [0.15, 0.2) is 22.1 Å². The first-order valence-corrected chi connectivity index (χ1v) is 9.98. The van der Waals surface area contributed by atoms with Crippen LogP contribution in [0, 0.1) is 0 Å². The summed E-state index contributed by atoms with van der Waals surface area (Å²) in [5.41, 5.74) is 2.05. The van der Waals surface area contributed by atoms with Crippen LogP contribution in [0.5, 0.6) is 17.2 Å². The van der Waals surface area contributed by atoms with Crippen molar-refractivity contribution >= 4 is 29.5 Å². The topological polar surface area (TPSA) is 49.7 Å². The number of thiol groups is 1. The Labute approximate surface area is 139 Å². The summed E-state index contributed by atoms with van der Waals surface area (Å²) >= 11 is 4.88. The number of para-hydroxylation sites is 1. The van der Waals surface area contributed by atoms with Crippen molar-refractivity contribution in [3.63, 3.8) is 0 Å². The minimum absolute atomic E-state index is 0.0697. The first kappa shape index (κ1) is 14.4. The normalized spacial score (nSPS) is 18.7. The summed E-state index contributed by atoms with van der Waals surface area (Å²) in [4.78, 5) is 0. The largest absolute Gasteiger partial charge is 0.508 e. The van der Waals surface area contributed by atoms with Gasteiger partial charge in [0.2, 0.25) is 0 Å². The monoisotopic (exact) mass is 341 g/mol. The zero-order chi connectivity index (χ0) is 16.0. The van der Waals surface area contributed by atoms with Crippen molar-refractivity contribution in [2.75, 3.05) is 0 Å². The molecule has 23 heavy (non-hydrogen) atoms. The highest BCUT2D eigenvalue weighted by Crippen LogP contribution is 2.67. The molecule has 0 amide bonds. The van der Waals surface area contributed by atoms with Gasteiger partial charge in [-0.25, -0.2) is 0 Å². The molecule has 2 N–H and O–H groups in total. The fraction of sp³-hybridized carbons (Fsp3) is 0. The van der Waals surface area contributed by atoms with Gasteiger partial charge in [-0.3, -0.25) is 0 Å². The Morgan fingerprint density at radius 2 is 1.48 bits per heavy atom. The maximum absolute atomic E-state index is 10.3. The summed E-state index contributed by atoms with van der Waals surface area (Å²) in [6, 6.07) is 20.1. The third kappa shape index (κ3) is 2.18. The number of rotatable bonds is 1. The second kappa shape index (κ2) is 5.19. The van der Waals surface area contributed by atoms with Gasteiger partial charge in [0, 0.05) is 17.2 Å². The number of phenolic OH excluding ortho intramolecular Hbond substituents is 2. The fourth-order valence-electron chi connectivity index (χ4n) is 2.86. The lowest BCUT2D eigenvalue weighted by molar-refractivity contribution is 0.463. The minimum Gasteiger partial charge on any atom is -0.508 e. The fourth-order valence-corrected chi connectivity index (χ4v) is 6.53. The molecule has 0 saturated carbocycles. The molecular weight excluding hydrogens is 327 g/mol. The van der Waals surface area contributed by atoms with Crippen LogP contribution in [-0.4, -0.2) is 10.2 Å². The second-order valence-corrected chi connectivity index (χ2v) is 9.34. The van der Waals surface area contributed by atoms with E-state index < -0.39 is 6.69 Å². The molecule has 1 heterocycles. The van der Waals surface area contributed by atoms with Gasteiger partial charge in [0.1, 0.15) is 5.75 Å². The van der Waals surface area contributed by atoms with Gasteiger partial charge in [-0.1, -0.05) is 36.4 Å². The van der Waals surface area contributed by atoms with E-state index >= 15 is 0 Å². The standard InChI is InChI=1S/C18H13O3PS/c19-12-9-10-15(20)18(11-12)22(23)17-8-4-2-6-14(17)13-5-1-3-7-16(13)21-22/h1-11,23H,(H-,19,20)/p+1. The molecule has 0 bridgehead atoms. The molecular formula is C18H14O3PS+. The van der Waals surface area contributed by atoms with E-state index in [9.17, 15) is 10.2 Å². The average molecular weight is 341 g/mol. The second-order valence-electron chi connectivity index (χ2n) is 5.35. The van der Waals surface area contributed by atoms with Gasteiger partial charge in [-0.05, 0) is 24.3 Å². The van der Waals surface area contributed by atoms with Gasteiger partial charge < -0.3 is 14.7 Å². The highest BCUT2D eigenvalue weighted by molar-refractivity contribution is 8.56. The Balaban J connectivity index is 2.02. The Kier molecular flexibility index (Phi) is 3.26. The highest BCUT2D eigenvalue weighted by Gasteiger charge is 2.51. The molecule has 0 fully saturated rings. The molecule has 0 saturated heterocycles. The molecule has 1 unspecified atom stereocenters. The summed E-state index contributed by atoms with van der Waals surface area (Å²) in [6.07, 6.45) is 0. The van der Waals surface area contributed by atoms with Crippen molar-refractivity contribution in [1.29, 1.82) is 0 Å². The zero-order valence-corrected chi connectivity index (χ0v) is 13.8. The maximum Gasteiger partial charge on any atom is 0.315 e. The molecule has 3 aromatic rings. The van der Waals surface area contributed by atoms with Gasteiger partial charge in [0.05, 0.1) is 12.2 Å². The van der Waals surface area contributed by atoms with E-state index in [1.54, 1.807) is 0 Å². The van der Waals surface area contributed by atoms with Crippen LogP contribution in [0.3, 0.4) is 0 Å². The van der Waals surface area contributed by atoms with Crippen LogP contribution < -0.4 is 15.1 Å². The van der Waals surface area contributed by atoms with Crippen molar-refractivity contribution in [3.05, 3.63) is 66.7 Å². The molecule has 1 aliphatic heterocycles. The number of phenols is 2.